The van der Waals surface area contributed by atoms with Gasteiger partial charge in [0, 0.05) is 17.0 Å². The Morgan fingerprint density at radius 2 is 1.86 bits per heavy atom. The number of nitrogens with zero attached hydrogens (tertiary/aromatic N) is 2. The molecule has 176 valence electrons. The van der Waals surface area contributed by atoms with E-state index in [0.717, 1.165) is 11.3 Å². The van der Waals surface area contributed by atoms with Gasteiger partial charge in [-0.2, -0.15) is 0 Å². The molecule has 5 rings (SSSR count). The highest BCUT2D eigenvalue weighted by Gasteiger charge is 2.30. The number of ether oxygens (including phenoxy) is 1. The Balaban J connectivity index is 1.72. The van der Waals surface area contributed by atoms with Crippen LogP contribution in [0.5, 0.6) is 17.4 Å². The van der Waals surface area contributed by atoms with Crippen molar-refractivity contribution in [1.82, 2.24) is 9.55 Å². The summed E-state index contributed by atoms with van der Waals surface area (Å²) in [6, 6.07) is 17.9. The van der Waals surface area contributed by atoms with E-state index in [2.05, 4.69) is 4.98 Å². The summed E-state index contributed by atoms with van der Waals surface area (Å²) in [5, 5.41) is 22.7. The van der Waals surface area contributed by atoms with Gasteiger partial charge in [0.1, 0.15) is 11.6 Å². The predicted octanol–water partition coefficient (Wildman–Crippen LogP) is 6.39. The van der Waals surface area contributed by atoms with Gasteiger partial charge in [-0.1, -0.05) is 53.3 Å². The van der Waals surface area contributed by atoms with Gasteiger partial charge >= 0.3 is 0 Å². The quantitative estimate of drug-likeness (QED) is 0.259. The molecule has 0 saturated heterocycles. The lowest BCUT2D eigenvalue weighted by Gasteiger charge is -2.11. The Morgan fingerprint density at radius 1 is 1.11 bits per heavy atom. The average molecular weight is 509 g/mol. The molecule has 0 radical (unpaired) electrons. The van der Waals surface area contributed by atoms with E-state index in [9.17, 15) is 19.4 Å². The Hall–Kier alpha value is -3.88. The molecule has 5 aromatic rings. The van der Waals surface area contributed by atoms with Gasteiger partial charge in [0.25, 0.3) is 0 Å². The Morgan fingerprint density at radius 3 is 2.60 bits per heavy atom. The Kier molecular flexibility index (Phi) is 5.92. The van der Waals surface area contributed by atoms with Gasteiger partial charge in [-0.15, -0.1) is 0 Å². The van der Waals surface area contributed by atoms with Crippen molar-refractivity contribution in [3.63, 3.8) is 0 Å². The second-order valence-electron chi connectivity index (χ2n) is 7.76. The van der Waals surface area contributed by atoms with Gasteiger partial charge < -0.3 is 14.9 Å². The summed E-state index contributed by atoms with van der Waals surface area (Å²) >= 11 is 7.19. The summed E-state index contributed by atoms with van der Waals surface area (Å²) < 4.78 is 21.0. The van der Waals surface area contributed by atoms with E-state index in [0.29, 0.717) is 32.1 Å². The molecule has 0 saturated carbocycles. The number of carbonyl (C=O) groups excluding carboxylic acids is 1. The van der Waals surface area contributed by atoms with Gasteiger partial charge in [0.15, 0.2) is 16.7 Å². The van der Waals surface area contributed by atoms with E-state index in [-0.39, 0.29) is 22.8 Å². The molecular formula is C26H18ClFN2O4S. The van der Waals surface area contributed by atoms with Crippen LogP contribution < -0.4 is 4.74 Å². The van der Waals surface area contributed by atoms with Crippen molar-refractivity contribution in [2.24, 2.45) is 0 Å². The highest BCUT2D eigenvalue weighted by molar-refractivity contribution is 7.20. The first-order valence-electron chi connectivity index (χ1n) is 10.5. The highest BCUT2D eigenvalue weighted by Crippen LogP contribution is 2.45. The van der Waals surface area contributed by atoms with Crippen LogP contribution in [-0.2, 0) is 6.42 Å². The molecule has 6 nitrogen and oxygen atoms in total. The molecule has 0 fully saturated rings. The lowest BCUT2D eigenvalue weighted by molar-refractivity contribution is 0.0990. The molecule has 0 aliphatic rings. The van der Waals surface area contributed by atoms with Crippen LogP contribution in [0, 0.1) is 5.82 Å². The number of aromatic nitrogens is 2. The van der Waals surface area contributed by atoms with Crippen LogP contribution in [0.2, 0.25) is 5.02 Å². The molecule has 3 aromatic carbocycles. The van der Waals surface area contributed by atoms with Crippen LogP contribution in [0.3, 0.4) is 0 Å². The monoisotopic (exact) mass is 508 g/mol. The van der Waals surface area contributed by atoms with Crippen molar-refractivity contribution in [2.75, 3.05) is 7.11 Å². The van der Waals surface area contributed by atoms with Gasteiger partial charge in [0.2, 0.25) is 5.88 Å². The number of fused-ring (bicyclic) bond motifs is 1. The van der Waals surface area contributed by atoms with Gasteiger partial charge in [0.05, 0.1) is 28.6 Å². The first-order chi connectivity index (χ1) is 16.9. The van der Waals surface area contributed by atoms with Crippen molar-refractivity contribution in [2.45, 2.75) is 6.42 Å². The van der Waals surface area contributed by atoms with E-state index in [1.165, 1.54) is 29.9 Å². The van der Waals surface area contributed by atoms with E-state index in [4.69, 9.17) is 16.3 Å². The second-order valence-corrected chi connectivity index (χ2v) is 9.20. The fourth-order valence-electron chi connectivity index (χ4n) is 3.97. The van der Waals surface area contributed by atoms with Gasteiger partial charge in [-0.3, -0.25) is 9.36 Å². The molecule has 2 N–H and O–H groups in total. The molecule has 35 heavy (non-hydrogen) atoms. The zero-order valence-electron chi connectivity index (χ0n) is 18.3. The number of rotatable bonds is 6. The number of halogens is 2. The standard InChI is InChI=1S/C26H18ClFN2O4S/c1-34-20-5-3-2-4-15(20)12-19(31)22-23(14-6-8-16(27)9-7-14)30(25(33)24(22)32)26-29-18-11-10-17(28)13-21(18)35-26/h2-11,13,32-33H,12H2,1H3. The number of hydrogen-bond acceptors (Lipinski definition) is 6. The minimum atomic E-state index is -0.569. The molecule has 2 heterocycles. The van der Waals surface area contributed by atoms with E-state index < -0.39 is 23.2 Å². The van der Waals surface area contributed by atoms with Crippen molar-refractivity contribution < 1.29 is 24.1 Å². The molecular weight excluding hydrogens is 491 g/mol. The molecule has 0 atom stereocenters. The van der Waals surface area contributed by atoms with Crippen LogP contribution in [0.1, 0.15) is 15.9 Å². The Bertz CT molecular complexity index is 1580. The number of aromatic hydroxyl groups is 2. The van der Waals surface area contributed by atoms with Crippen molar-refractivity contribution >= 4 is 38.9 Å². The summed E-state index contributed by atoms with van der Waals surface area (Å²) in [5.41, 5.74) is 1.85. The van der Waals surface area contributed by atoms with Crippen LogP contribution in [0.15, 0.2) is 66.7 Å². The zero-order chi connectivity index (χ0) is 24.7. The number of thiazole rings is 1. The number of methoxy groups -OCH3 is 1. The maximum absolute atomic E-state index is 13.8. The van der Waals surface area contributed by atoms with Crippen LogP contribution >= 0.6 is 22.9 Å². The van der Waals surface area contributed by atoms with Crippen molar-refractivity contribution in [3.05, 3.63) is 88.7 Å². The van der Waals surface area contributed by atoms with Crippen molar-refractivity contribution in [3.8, 4) is 33.8 Å². The van der Waals surface area contributed by atoms with E-state index in [1.54, 1.807) is 48.5 Å². The maximum Gasteiger partial charge on any atom is 0.242 e. The smallest absolute Gasteiger partial charge is 0.242 e. The first-order valence-corrected chi connectivity index (χ1v) is 11.7. The highest BCUT2D eigenvalue weighted by atomic mass is 35.5. The Labute approximate surface area is 208 Å². The number of Topliss-reactive ketones (excluding diaryl/α,β-unsaturated/α-hetero) is 1. The lowest BCUT2D eigenvalue weighted by Crippen LogP contribution is -2.07. The summed E-state index contributed by atoms with van der Waals surface area (Å²) in [7, 11) is 1.51. The summed E-state index contributed by atoms with van der Waals surface area (Å²) in [6.07, 6.45) is -0.0767. The van der Waals surface area contributed by atoms with Crippen molar-refractivity contribution in [1.29, 1.82) is 0 Å². The van der Waals surface area contributed by atoms with E-state index >= 15 is 0 Å². The SMILES string of the molecule is COc1ccccc1CC(=O)c1c(O)c(O)n(-c2nc3ccc(F)cc3s2)c1-c1ccc(Cl)cc1. The number of ketones is 1. The molecule has 0 aliphatic heterocycles. The molecule has 0 amide bonds. The summed E-state index contributed by atoms with van der Waals surface area (Å²) in [5.74, 6) is -1.43. The molecule has 0 unspecified atom stereocenters. The minimum absolute atomic E-state index is 0.0684. The van der Waals surface area contributed by atoms with Crippen LogP contribution in [0.4, 0.5) is 4.39 Å². The topological polar surface area (TPSA) is 84.6 Å². The number of hydrogen-bond donors (Lipinski definition) is 2. The molecule has 9 heteroatoms. The third-order valence-electron chi connectivity index (χ3n) is 5.59. The molecule has 0 spiro atoms. The summed E-state index contributed by atoms with van der Waals surface area (Å²) in [6.45, 7) is 0. The third-order valence-corrected chi connectivity index (χ3v) is 6.85. The third kappa shape index (κ3) is 4.11. The number of carbonyl (C=O) groups is 1. The van der Waals surface area contributed by atoms with Gasteiger partial charge in [-0.05, 0) is 42.0 Å². The largest absolute Gasteiger partial charge is 0.503 e. The van der Waals surface area contributed by atoms with Crippen LogP contribution in [-0.4, -0.2) is 32.7 Å². The normalized spacial score (nSPS) is 11.2. The molecule has 2 aromatic heterocycles. The fourth-order valence-corrected chi connectivity index (χ4v) is 5.10. The molecule has 0 aliphatic carbocycles. The van der Waals surface area contributed by atoms with Gasteiger partial charge in [-0.25, -0.2) is 9.37 Å². The predicted molar refractivity (Wildman–Crippen MR) is 134 cm³/mol. The lowest BCUT2D eigenvalue weighted by atomic mass is 9.99. The zero-order valence-corrected chi connectivity index (χ0v) is 19.9. The second kappa shape index (κ2) is 9.05. The fraction of sp³-hybridized carbons (Fsp3) is 0.0769. The van der Waals surface area contributed by atoms with E-state index in [1.807, 2.05) is 0 Å². The average Bonchev–Trinajstić information content (AvgIpc) is 3.37. The van der Waals surface area contributed by atoms with Crippen LogP contribution in [0.25, 0.3) is 26.6 Å². The first kappa shape index (κ1) is 22.9. The maximum atomic E-state index is 13.8. The molecule has 0 bridgehead atoms. The summed E-state index contributed by atoms with van der Waals surface area (Å²) in [4.78, 5) is 18.0. The number of benzene rings is 3. The minimum Gasteiger partial charge on any atom is -0.503 e. The number of para-hydroxylation sites is 1.